The number of carbonyl (C=O) groups is 2. The fraction of sp³-hybridized carbons (Fsp3) is 0.150. The van der Waals surface area contributed by atoms with E-state index in [1.165, 1.54) is 12.3 Å². The number of anilines is 1. The lowest BCUT2D eigenvalue weighted by Crippen LogP contribution is -2.29. The maximum atomic E-state index is 13.9. The molecule has 2 aromatic carbocycles. The Morgan fingerprint density at radius 3 is 2.61 bits per heavy atom. The monoisotopic (exact) mass is 401 g/mol. The van der Waals surface area contributed by atoms with Crippen LogP contribution in [0.25, 0.3) is 11.3 Å². The first-order valence-corrected chi connectivity index (χ1v) is 9.33. The number of hydrogen-bond donors (Lipinski definition) is 2. The Morgan fingerprint density at radius 1 is 1.14 bits per heavy atom. The van der Waals surface area contributed by atoms with Crippen LogP contribution in [0.5, 0.6) is 0 Å². The van der Waals surface area contributed by atoms with Crippen LogP contribution < -0.4 is 10.6 Å². The summed E-state index contributed by atoms with van der Waals surface area (Å²) in [5.41, 5.74) is 1.06. The van der Waals surface area contributed by atoms with E-state index in [1.54, 1.807) is 0 Å². The van der Waals surface area contributed by atoms with Gasteiger partial charge in [-0.05, 0) is 23.8 Å². The second-order valence-electron chi connectivity index (χ2n) is 6.08. The molecule has 1 aromatic heterocycles. The molecular formula is C20H17F2N3O2S. The minimum atomic E-state index is -0.598. The molecule has 5 nitrogen and oxygen atoms in total. The van der Waals surface area contributed by atoms with E-state index in [9.17, 15) is 18.4 Å². The minimum absolute atomic E-state index is 0.00678. The highest BCUT2D eigenvalue weighted by Crippen LogP contribution is 2.28. The van der Waals surface area contributed by atoms with Crippen LogP contribution in [0.2, 0.25) is 0 Å². The maximum Gasteiger partial charge on any atom is 0.228 e. The summed E-state index contributed by atoms with van der Waals surface area (Å²) >= 11 is 1.10. The molecule has 0 radical (unpaired) electrons. The highest BCUT2D eigenvalue weighted by atomic mass is 32.1. The van der Waals surface area contributed by atoms with Crippen molar-refractivity contribution in [2.24, 2.45) is 0 Å². The first-order chi connectivity index (χ1) is 13.4. The van der Waals surface area contributed by atoms with Gasteiger partial charge < -0.3 is 10.6 Å². The predicted octanol–water partition coefficient (Wildman–Crippen LogP) is 4.29. The Kier molecular flexibility index (Phi) is 6.10. The molecule has 0 saturated heterocycles. The number of carbonyl (C=O) groups excluding carboxylic acids is 2. The van der Waals surface area contributed by atoms with E-state index >= 15 is 0 Å². The van der Waals surface area contributed by atoms with E-state index in [4.69, 9.17) is 0 Å². The van der Waals surface area contributed by atoms with Crippen molar-refractivity contribution in [2.75, 3.05) is 5.32 Å². The van der Waals surface area contributed by atoms with Crippen LogP contribution in [-0.2, 0) is 9.59 Å². The minimum Gasteiger partial charge on any atom is -0.349 e. The van der Waals surface area contributed by atoms with E-state index in [2.05, 4.69) is 15.6 Å². The molecule has 0 aliphatic carbocycles. The number of amides is 2. The van der Waals surface area contributed by atoms with Gasteiger partial charge in [0, 0.05) is 17.9 Å². The van der Waals surface area contributed by atoms with Crippen molar-refractivity contribution in [3.05, 3.63) is 71.1 Å². The lowest BCUT2D eigenvalue weighted by molar-refractivity contribution is -0.120. The third-order valence-electron chi connectivity index (χ3n) is 3.92. The Balaban J connectivity index is 1.71. The summed E-state index contributed by atoms with van der Waals surface area (Å²) in [4.78, 5) is 28.0. The normalized spacial score (nSPS) is 11.7. The van der Waals surface area contributed by atoms with Gasteiger partial charge in [-0.2, -0.15) is 0 Å². The Morgan fingerprint density at radius 2 is 1.89 bits per heavy atom. The van der Waals surface area contributed by atoms with E-state index in [0.29, 0.717) is 0 Å². The fourth-order valence-electron chi connectivity index (χ4n) is 2.69. The van der Waals surface area contributed by atoms with Crippen molar-refractivity contribution in [1.82, 2.24) is 10.3 Å². The summed E-state index contributed by atoms with van der Waals surface area (Å²) in [5, 5.41) is 7.19. The van der Waals surface area contributed by atoms with Crippen LogP contribution in [0, 0.1) is 11.6 Å². The molecule has 1 unspecified atom stereocenters. The van der Waals surface area contributed by atoms with E-state index < -0.39 is 17.7 Å². The summed E-state index contributed by atoms with van der Waals surface area (Å²) in [5.74, 6) is -1.78. The van der Waals surface area contributed by atoms with Gasteiger partial charge in [0.1, 0.15) is 11.6 Å². The molecule has 0 bridgehead atoms. The summed E-state index contributed by atoms with van der Waals surface area (Å²) in [7, 11) is 0. The quantitative estimate of drug-likeness (QED) is 0.647. The molecule has 2 N–H and O–H groups in total. The van der Waals surface area contributed by atoms with Gasteiger partial charge in [0.25, 0.3) is 0 Å². The van der Waals surface area contributed by atoms with Gasteiger partial charge in [0.2, 0.25) is 11.8 Å². The van der Waals surface area contributed by atoms with E-state index in [1.807, 2.05) is 30.3 Å². The summed E-state index contributed by atoms with van der Waals surface area (Å²) in [6, 6.07) is 11.8. The van der Waals surface area contributed by atoms with Crippen LogP contribution in [0.1, 0.15) is 24.9 Å². The molecule has 0 aliphatic heterocycles. The van der Waals surface area contributed by atoms with E-state index in [0.717, 1.165) is 35.1 Å². The smallest absolute Gasteiger partial charge is 0.228 e. The van der Waals surface area contributed by atoms with Gasteiger partial charge >= 0.3 is 0 Å². The van der Waals surface area contributed by atoms with Crippen LogP contribution in [0.15, 0.2) is 53.9 Å². The molecule has 1 atom stereocenters. The number of nitrogens with one attached hydrogen (secondary N) is 2. The second-order valence-corrected chi connectivity index (χ2v) is 6.94. The van der Waals surface area contributed by atoms with Gasteiger partial charge in [0.15, 0.2) is 5.13 Å². The Bertz CT molecular complexity index is 992. The number of thiazole rings is 1. The third kappa shape index (κ3) is 4.98. The molecule has 2 amide bonds. The van der Waals surface area contributed by atoms with Gasteiger partial charge in [-0.1, -0.05) is 30.3 Å². The SMILES string of the molecule is CC(=O)NC(CC(=O)Nc1nc(-c2cc(F)ccc2F)cs1)c1ccccc1. The van der Waals surface area contributed by atoms with Gasteiger partial charge in [0.05, 0.1) is 18.2 Å². The molecule has 144 valence electrons. The van der Waals surface area contributed by atoms with Crippen molar-refractivity contribution >= 4 is 28.3 Å². The number of hydrogen-bond acceptors (Lipinski definition) is 4. The number of rotatable bonds is 6. The lowest BCUT2D eigenvalue weighted by atomic mass is 10.0. The van der Waals surface area contributed by atoms with Crippen molar-refractivity contribution in [1.29, 1.82) is 0 Å². The zero-order chi connectivity index (χ0) is 20.1. The molecule has 1 heterocycles. The largest absolute Gasteiger partial charge is 0.349 e. The average Bonchev–Trinajstić information content (AvgIpc) is 3.11. The third-order valence-corrected chi connectivity index (χ3v) is 4.68. The number of benzene rings is 2. The maximum absolute atomic E-state index is 13.9. The fourth-order valence-corrected chi connectivity index (χ4v) is 3.41. The van der Waals surface area contributed by atoms with E-state index in [-0.39, 0.29) is 34.6 Å². The molecule has 0 spiro atoms. The van der Waals surface area contributed by atoms with Crippen LogP contribution in [-0.4, -0.2) is 16.8 Å². The van der Waals surface area contributed by atoms with Crippen LogP contribution >= 0.6 is 11.3 Å². The molecular weight excluding hydrogens is 384 g/mol. The highest BCUT2D eigenvalue weighted by molar-refractivity contribution is 7.14. The Hall–Kier alpha value is -3.13. The molecule has 0 saturated carbocycles. The molecule has 3 aromatic rings. The zero-order valence-corrected chi connectivity index (χ0v) is 15.7. The average molecular weight is 401 g/mol. The van der Waals surface area contributed by atoms with Crippen molar-refractivity contribution in [2.45, 2.75) is 19.4 Å². The first kappa shape index (κ1) is 19.6. The molecule has 28 heavy (non-hydrogen) atoms. The summed E-state index contributed by atoms with van der Waals surface area (Å²) in [6.45, 7) is 1.38. The zero-order valence-electron chi connectivity index (χ0n) is 14.9. The van der Waals surface area contributed by atoms with Gasteiger partial charge in [-0.15, -0.1) is 11.3 Å². The van der Waals surface area contributed by atoms with Crippen LogP contribution in [0.4, 0.5) is 13.9 Å². The first-order valence-electron chi connectivity index (χ1n) is 8.45. The number of aromatic nitrogens is 1. The van der Waals surface area contributed by atoms with Crippen molar-refractivity contribution < 1.29 is 18.4 Å². The van der Waals surface area contributed by atoms with Crippen LogP contribution in [0.3, 0.4) is 0 Å². The number of nitrogens with zero attached hydrogens (tertiary/aromatic N) is 1. The summed E-state index contributed by atoms with van der Waals surface area (Å²) in [6.07, 6.45) is 0.00678. The van der Waals surface area contributed by atoms with Gasteiger partial charge in [-0.25, -0.2) is 13.8 Å². The van der Waals surface area contributed by atoms with Crippen molar-refractivity contribution in [3.63, 3.8) is 0 Å². The number of halogens is 2. The van der Waals surface area contributed by atoms with Crippen molar-refractivity contribution in [3.8, 4) is 11.3 Å². The summed E-state index contributed by atoms with van der Waals surface area (Å²) < 4.78 is 27.2. The highest BCUT2D eigenvalue weighted by Gasteiger charge is 2.18. The molecule has 3 rings (SSSR count). The molecule has 0 fully saturated rings. The molecule has 0 aliphatic rings. The molecule has 8 heteroatoms. The predicted molar refractivity (Wildman–Crippen MR) is 104 cm³/mol. The Labute approximate surface area is 164 Å². The standard InChI is InChI=1S/C20H17F2N3O2S/c1-12(26)23-17(13-5-3-2-4-6-13)10-19(27)25-20-24-18(11-28-20)15-9-14(21)7-8-16(15)22/h2-9,11,17H,10H2,1H3,(H,23,26)(H,24,25,27). The second kappa shape index (κ2) is 8.71. The topological polar surface area (TPSA) is 71.1 Å². The van der Waals surface area contributed by atoms with Gasteiger partial charge in [-0.3, -0.25) is 9.59 Å². The lowest BCUT2D eigenvalue weighted by Gasteiger charge is -2.17.